The second kappa shape index (κ2) is 7.16. The number of hydrogen-bond acceptors (Lipinski definition) is 4. The smallest absolute Gasteiger partial charge is 0.287 e. The second-order valence-electron chi connectivity index (χ2n) is 4.40. The number of nitrogens with one attached hydrogen (secondary N) is 2. The number of halogens is 1. The van der Waals surface area contributed by atoms with Gasteiger partial charge in [-0.25, -0.2) is 9.82 Å². The van der Waals surface area contributed by atoms with E-state index in [1.54, 1.807) is 25.1 Å². The summed E-state index contributed by atoms with van der Waals surface area (Å²) in [4.78, 5) is 23.1. The monoisotopic (exact) mass is 303 g/mol. The molecule has 114 valence electrons. The van der Waals surface area contributed by atoms with Gasteiger partial charge < -0.3 is 9.73 Å². The quantitative estimate of drug-likeness (QED) is 0.651. The van der Waals surface area contributed by atoms with E-state index in [2.05, 4.69) is 15.8 Å². The molecule has 0 atom stereocenters. The van der Waals surface area contributed by atoms with Gasteiger partial charge in [-0.2, -0.15) is 5.10 Å². The maximum atomic E-state index is 12.8. The molecule has 0 bridgehead atoms. The van der Waals surface area contributed by atoms with E-state index in [0.717, 1.165) is 0 Å². The predicted molar refractivity (Wildman–Crippen MR) is 77.8 cm³/mol. The normalized spacial score (nSPS) is 11.1. The Balaban J connectivity index is 1.83. The van der Waals surface area contributed by atoms with Crippen LogP contribution in [0.3, 0.4) is 0 Å². The molecule has 2 aromatic rings. The zero-order valence-corrected chi connectivity index (χ0v) is 11.8. The predicted octanol–water partition coefficient (Wildman–Crippen LogP) is 1.69. The Bertz CT molecular complexity index is 679. The highest BCUT2D eigenvalue weighted by atomic mass is 19.1. The number of furan rings is 1. The molecule has 1 aromatic carbocycles. The summed E-state index contributed by atoms with van der Waals surface area (Å²) in [6, 6.07) is 8.78. The SMILES string of the molecule is C/C(=N/NC(=O)CNC(=O)c1ccco1)c1ccc(F)cc1. The van der Waals surface area contributed by atoms with E-state index in [9.17, 15) is 14.0 Å². The first-order chi connectivity index (χ1) is 10.6. The van der Waals surface area contributed by atoms with Crippen molar-refractivity contribution in [2.75, 3.05) is 6.54 Å². The third-order valence-corrected chi connectivity index (χ3v) is 2.76. The maximum absolute atomic E-state index is 12.8. The number of hydrazone groups is 1. The fourth-order valence-electron chi connectivity index (χ4n) is 1.60. The van der Waals surface area contributed by atoms with E-state index >= 15 is 0 Å². The first-order valence-corrected chi connectivity index (χ1v) is 6.47. The summed E-state index contributed by atoms with van der Waals surface area (Å²) in [6.45, 7) is 1.44. The summed E-state index contributed by atoms with van der Waals surface area (Å²) in [5.41, 5.74) is 3.51. The summed E-state index contributed by atoms with van der Waals surface area (Å²) in [5.74, 6) is -1.19. The van der Waals surface area contributed by atoms with Crippen molar-refractivity contribution < 1.29 is 18.4 Å². The molecule has 0 aliphatic rings. The van der Waals surface area contributed by atoms with Gasteiger partial charge in [-0.15, -0.1) is 0 Å². The Kier molecular flexibility index (Phi) is 5.02. The number of carbonyl (C=O) groups is 2. The minimum Gasteiger partial charge on any atom is -0.459 e. The molecule has 0 radical (unpaired) electrons. The number of hydrogen-bond donors (Lipinski definition) is 2. The number of rotatable bonds is 5. The van der Waals surface area contributed by atoms with Gasteiger partial charge >= 0.3 is 0 Å². The first kappa shape index (κ1) is 15.4. The summed E-state index contributed by atoms with van der Waals surface area (Å²) in [6.07, 6.45) is 1.37. The van der Waals surface area contributed by atoms with Crippen LogP contribution in [-0.4, -0.2) is 24.1 Å². The molecule has 0 saturated heterocycles. The van der Waals surface area contributed by atoms with E-state index in [0.29, 0.717) is 11.3 Å². The molecule has 22 heavy (non-hydrogen) atoms. The topological polar surface area (TPSA) is 83.7 Å². The van der Waals surface area contributed by atoms with Crippen molar-refractivity contribution in [2.45, 2.75) is 6.92 Å². The third kappa shape index (κ3) is 4.27. The molecule has 6 nitrogen and oxygen atoms in total. The zero-order valence-electron chi connectivity index (χ0n) is 11.8. The van der Waals surface area contributed by atoms with Gasteiger partial charge in [0.2, 0.25) is 0 Å². The summed E-state index contributed by atoms with van der Waals surface area (Å²) in [7, 11) is 0. The summed E-state index contributed by atoms with van der Waals surface area (Å²) in [5, 5.41) is 6.28. The van der Waals surface area contributed by atoms with Crippen LogP contribution in [0.2, 0.25) is 0 Å². The van der Waals surface area contributed by atoms with Crippen LogP contribution in [-0.2, 0) is 4.79 Å². The van der Waals surface area contributed by atoms with Crippen LogP contribution in [0.4, 0.5) is 4.39 Å². The van der Waals surface area contributed by atoms with Gasteiger partial charge in [0.1, 0.15) is 5.82 Å². The van der Waals surface area contributed by atoms with Gasteiger partial charge in [-0.1, -0.05) is 12.1 Å². The molecule has 0 unspecified atom stereocenters. The van der Waals surface area contributed by atoms with Crippen LogP contribution in [0.1, 0.15) is 23.0 Å². The van der Waals surface area contributed by atoms with Crippen LogP contribution in [0.5, 0.6) is 0 Å². The van der Waals surface area contributed by atoms with E-state index < -0.39 is 11.8 Å². The fraction of sp³-hybridized carbons (Fsp3) is 0.133. The van der Waals surface area contributed by atoms with Gasteiger partial charge in [-0.3, -0.25) is 9.59 Å². The minimum absolute atomic E-state index is 0.124. The molecule has 1 aromatic heterocycles. The van der Waals surface area contributed by atoms with Gasteiger partial charge in [0.25, 0.3) is 11.8 Å². The Labute approximate surface area is 126 Å². The largest absolute Gasteiger partial charge is 0.459 e. The van der Waals surface area contributed by atoms with Crippen LogP contribution in [0.25, 0.3) is 0 Å². The Morgan fingerprint density at radius 3 is 2.59 bits per heavy atom. The second-order valence-corrected chi connectivity index (χ2v) is 4.40. The van der Waals surface area contributed by atoms with Crippen molar-refractivity contribution in [3.8, 4) is 0 Å². The minimum atomic E-state index is -0.487. The standard InChI is InChI=1S/C15H14FN3O3/c1-10(11-4-6-12(16)7-5-11)18-19-14(20)9-17-15(21)13-3-2-8-22-13/h2-8H,9H2,1H3,(H,17,21)(H,19,20)/b18-10-. The highest BCUT2D eigenvalue weighted by molar-refractivity contribution is 5.99. The van der Waals surface area contributed by atoms with Crippen LogP contribution < -0.4 is 10.7 Å². The molecule has 0 saturated carbocycles. The highest BCUT2D eigenvalue weighted by Crippen LogP contribution is 2.03. The van der Waals surface area contributed by atoms with Gasteiger partial charge in [-0.05, 0) is 36.8 Å². The lowest BCUT2D eigenvalue weighted by Crippen LogP contribution is -2.35. The fourth-order valence-corrected chi connectivity index (χ4v) is 1.60. The molecule has 2 amide bonds. The van der Waals surface area contributed by atoms with Crippen LogP contribution in [0.15, 0.2) is 52.2 Å². The number of amides is 2. The van der Waals surface area contributed by atoms with Gasteiger partial charge in [0, 0.05) is 0 Å². The maximum Gasteiger partial charge on any atom is 0.287 e. The van der Waals surface area contributed by atoms with Gasteiger partial charge in [0.15, 0.2) is 5.76 Å². The molecular weight excluding hydrogens is 289 g/mol. The average Bonchev–Trinajstić information content (AvgIpc) is 3.05. The number of nitrogens with zero attached hydrogens (tertiary/aromatic N) is 1. The van der Waals surface area contributed by atoms with Crippen molar-refractivity contribution >= 4 is 17.5 Å². The van der Waals surface area contributed by atoms with E-state index in [-0.39, 0.29) is 18.1 Å². The first-order valence-electron chi connectivity index (χ1n) is 6.47. The van der Waals surface area contributed by atoms with Crippen molar-refractivity contribution in [1.82, 2.24) is 10.7 Å². The molecule has 0 aliphatic carbocycles. The van der Waals surface area contributed by atoms with Crippen molar-refractivity contribution in [3.63, 3.8) is 0 Å². The van der Waals surface area contributed by atoms with Gasteiger partial charge in [0.05, 0.1) is 18.5 Å². The molecule has 1 heterocycles. The van der Waals surface area contributed by atoms with Crippen molar-refractivity contribution in [2.24, 2.45) is 5.10 Å². The highest BCUT2D eigenvalue weighted by Gasteiger charge is 2.09. The summed E-state index contributed by atoms with van der Waals surface area (Å²) < 4.78 is 17.7. The third-order valence-electron chi connectivity index (χ3n) is 2.76. The van der Waals surface area contributed by atoms with E-state index in [1.807, 2.05) is 0 Å². The lowest BCUT2D eigenvalue weighted by Gasteiger charge is -2.04. The molecule has 2 N–H and O–H groups in total. The molecule has 0 fully saturated rings. The molecular formula is C15H14FN3O3. The summed E-state index contributed by atoms with van der Waals surface area (Å²) >= 11 is 0. The molecule has 7 heteroatoms. The molecule has 0 aliphatic heterocycles. The number of carbonyl (C=O) groups excluding carboxylic acids is 2. The van der Waals surface area contributed by atoms with Crippen molar-refractivity contribution in [1.29, 1.82) is 0 Å². The van der Waals surface area contributed by atoms with Crippen molar-refractivity contribution in [3.05, 3.63) is 59.8 Å². The average molecular weight is 303 g/mol. The van der Waals surface area contributed by atoms with E-state index in [4.69, 9.17) is 4.42 Å². The Morgan fingerprint density at radius 2 is 1.95 bits per heavy atom. The van der Waals surface area contributed by atoms with Crippen LogP contribution >= 0.6 is 0 Å². The molecule has 2 rings (SSSR count). The molecule has 0 spiro atoms. The Morgan fingerprint density at radius 1 is 1.23 bits per heavy atom. The zero-order chi connectivity index (χ0) is 15.9. The van der Waals surface area contributed by atoms with Crippen LogP contribution in [0, 0.1) is 5.82 Å². The number of benzene rings is 1. The lowest BCUT2D eigenvalue weighted by molar-refractivity contribution is -0.120. The van der Waals surface area contributed by atoms with E-state index in [1.165, 1.54) is 24.5 Å². The lowest BCUT2D eigenvalue weighted by atomic mass is 10.1. The Hall–Kier alpha value is -2.96.